The van der Waals surface area contributed by atoms with Crippen molar-refractivity contribution in [3.63, 3.8) is 0 Å². The molecule has 0 saturated carbocycles. The minimum atomic E-state index is 0.0599. The number of hydrogen-bond donors (Lipinski definition) is 0. The van der Waals surface area contributed by atoms with Crippen LogP contribution in [0.2, 0.25) is 0 Å². The van der Waals surface area contributed by atoms with Crippen molar-refractivity contribution < 1.29 is 0 Å². The van der Waals surface area contributed by atoms with Crippen LogP contribution in [0.25, 0.3) is 54.7 Å². The number of fused-ring (bicyclic) bond motifs is 7. The van der Waals surface area contributed by atoms with Crippen LogP contribution in [0.4, 0.5) is 0 Å². The van der Waals surface area contributed by atoms with E-state index in [9.17, 15) is 0 Å². The van der Waals surface area contributed by atoms with Crippen molar-refractivity contribution in [1.29, 1.82) is 0 Å². The van der Waals surface area contributed by atoms with E-state index in [0.29, 0.717) is 0 Å². The third-order valence-electron chi connectivity index (χ3n) is 14.4. The lowest BCUT2D eigenvalue weighted by Gasteiger charge is -2.33. The number of unbranched alkanes of at least 4 members (excludes halogenated alkanes) is 12. The molecule has 0 unspecified atom stereocenters. The molecule has 0 saturated heterocycles. The molecule has 0 radical (unpaired) electrons. The van der Waals surface area contributed by atoms with Gasteiger partial charge in [0, 0.05) is 22.0 Å². The third kappa shape index (κ3) is 7.98. The number of aromatic nitrogens is 2. The minimum absolute atomic E-state index is 0.0599. The quantitative estimate of drug-likeness (QED) is 0.0639. The van der Waals surface area contributed by atoms with Crippen LogP contribution in [0.5, 0.6) is 0 Å². The van der Waals surface area contributed by atoms with Gasteiger partial charge < -0.3 is 0 Å². The van der Waals surface area contributed by atoms with E-state index in [1.165, 1.54) is 183 Å². The summed E-state index contributed by atoms with van der Waals surface area (Å²) in [5.74, 6) is 0. The summed E-state index contributed by atoms with van der Waals surface area (Å²) < 4.78 is 5.86. The summed E-state index contributed by atoms with van der Waals surface area (Å²) >= 11 is 1.56. The van der Waals surface area contributed by atoms with E-state index in [1.54, 1.807) is 28.2 Å². The van der Waals surface area contributed by atoms with Gasteiger partial charge in [-0.25, -0.2) is 0 Å². The van der Waals surface area contributed by atoms with Crippen LogP contribution in [0.3, 0.4) is 0 Å². The van der Waals surface area contributed by atoms with Crippen LogP contribution in [-0.4, -0.2) is 9.59 Å². The molecule has 0 amide bonds. The molecule has 0 fully saturated rings. The lowest BCUT2D eigenvalue weighted by molar-refractivity contribution is 0.401. The Morgan fingerprint density at radius 2 is 0.780 bits per heavy atom. The summed E-state index contributed by atoms with van der Waals surface area (Å²) in [6.07, 6.45) is 25.6. The van der Waals surface area contributed by atoms with E-state index in [0.717, 1.165) is 5.52 Å². The monoisotopic (exact) mass is 801 g/mol. The lowest BCUT2D eigenvalue weighted by atomic mass is 9.70. The molecule has 0 N–H and O–H groups in total. The first-order chi connectivity index (χ1) is 29.1. The first-order valence-electron chi connectivity index (χ1n) is 23.8. The smallest absolute Gasteiger partial charge is 0.114 e. The molecule has 5 aromatic carbocycles. The zero-order valence-corrected chi connectivity index (χ0v) is 37.5. The second-order valence-corrected chi connectivity index (χ2v) is 18.9. The van der Waals surface area contributed by atoms with Crippen LogP contribution in [0, 0.1) is 0 Å². The SMILES string of the molecule is CCCCCCC1(CCCCCC)c2ccccc2-c2ccc(-c3ccc(-c4ccc5c(c4)C(CCCCCC)(CCCCCC)c4ccccc4-5)c4snnc34)cc21. The van der Waals surface area contributed by atoms with Gasteiger partial charge in [-0.3, -0.25) is 0 Å². The van der Waals surface area contributed by atoms with E-state index in [1.807, 2.05) is 0 Å². The molecular formula is C56H68N2S. The fraction of sp³-hybridized carbons (Fsp3) is 0.464. The maximum atomic E-state index is 4.91. The number of hydrogen-bond acceptors (Lipinski definition) is 3. The van der Waals surface area contributed by atoms with Crippen LogP contribution in [0.1, 0.15) is 178 Å². The van der Waals surface area contributed by atoms with Crippen LogP contribution in [-0.2, 0) is 10.8 Å². The van der Waals surface area contributed by atoms with Gasteiger partial charge in [0.15, 0.2) is 0 Å². The van der Waals surface area contributed by atoms with Gasteiger partial charge in [-0.2, -0.15) is 0 Å². The van der Waals surface area contributed by atoms with Crippen molar-refractivity contribution in [2.75, 3.05) is 0 Å². The Morgan fingerprint density at radius 3 is 1.24 bits per heavy atom. The molecular weight excluding hydrogens is 733 g/mol. The summed E-state index contributed by atoms with van der Waals surface area (Å²) in [6.45, 7) is 9.31. The lowest BCUT2D eigenvalue weighted by Crippen LogP contribution is -2.25. The fourth-order valence-electron chi connectivity index (χ4n) is 11.3. The third-order valence-corrected chi connectivity index (χ3v) is 15.1. The molecule has 2 aliphatic carbocycles. The molecule has 1 heterocycles. The van der Waals surface area contributed by atoms with E-state index < -0.39 is 0 Å². The normalized spacial score (nSPS) is 14.4. The largest absolute Gasteiger partial charge is 0.137 e. The van der Waals surface area contributed by atoms with E-state index in [2.05, 4.69) is 129 Å². The first-order valence-corrected chi connectivity index (χ1v) is 24.6. The van der Waals surface area contributed by atoms with Gasteiger partial charge in [-0.05, 0) is 105 Å². The fourth-order valence-corrected chi connectivity index (χ4v) is 12.0. The molecule has 1 aromatic heterocycles. The van der Waals surface area contributed by atoms with Gasteiger partial charge in [-0.1, -0.05) is 220 Å². The highest BCUT2D eigenvalue weighted by Gasteiger charge is 2.43. The highest BCUT2D eigenvalue weighted by molar-refractivity contribution is 7.13. The summed E-state index contributed by atoms with van der Waals surface area (Å²) in [5.41, 5.74) is 18.2. The predicted molar refractivity (Wildman–Crippen MR) is 256 cm³/mol. The molecule has 308 valence electrons. The average molecular weight is 801 g/mol. The topological polar surface area (TPSA) is 25.8 Å². The second kappa shape index (κ2) is 19.1. The van der Waals surface area contributed by atoms with Crippen molar-refractivity contribution in [1.82, 2.24) is 9.59 Å². The van der Waals surface area contributed by atoms with Gasteiger partial charge in [0.1, 0.15) is 5.52 Å². The number of nitrogens with zero attached hydrogens (tertiary/aromatic N) is 2. The second-order valence-electron chi connectivity index (χ2n) is 18.1. The minimum Gasteiger partial charge on any atom is -0.137 e. The van der Waals surface area contributed by atoms with Crippen molar-refractivity contribution in [3.05, 3.63) is 119 Å². The maximum Gasteiger partial charge on any atom is 0.114 e. The molecule has 0 aliphatic heterocycles. The highest BCUT2D eigenvalue weighted by Crippen LogP contribution is 2.57. The Hall–Kier alpha value is -4.08. The maximum absolute atomic E-state index is 4.91. The van der Waals surface area contributed by atoms with E-state index >= 15 is 0 Å². The molecule has 0 spiro atoms. The molecule has 0 atom stereocenters. The van der Waals surface area contributed by atoms with Crippen LogP contribution < -0.4 is 0 Å². The molecule has 59 heavy (non-hydrogen) atoms. The molecule has 2 nitrogen and oxygen atoms in total. The number of benzene rings is 5. The van der Waals surface area contributed by atoms with Crippen LogP contribution >= 0.6 is 11.5 Å². The summed E-state index contributed by atoms with van der Waals surface area (Å²) in [6, 6.07) is 38.2. The zero-order valence-electron chi connectivity index (χ0n) is 36.7. The molecule has 6 aromatic rings. The molecule has 3 heteroatoms. The molecule has 2 aliphatic rings. The molecule has 8 rings (SSSR count). The predicted octanol–water partition coefficient (Wildman–Crippen LogP) is 17.4. The summed E-state index contributed by atoms with van der Waals surface area (Å²) in [5, 5.41) is 4.91. The zero-order chi connectivity index (χ0) is 40.7. The van der Waals surface area contributed by atoms with Gasteiger partial charge in [0.2, 0.25) is 0 Å². The first kappa shape index (κ1) is 41.6. The number of rotatable bonds is 22. The van der Waals surface area contributed by atoms with Gasteiger partial charge in [0.05, 0.1) is 4.70 Å². The molecule has 0 bridgehead atoms. The average Bonchev–Trinajstić information content (AvgIpc) is 3.95. The van der Waals surface area contributed by atoms with Gasteiger partial charge in [0.25, 0.3) is 0 Å². The van der Waals surface area contributed by atoms with Gasteiger partial charge in [-0.15, -0.1) is 5.10 Å². The van der Waals surface area contributed by atoms with Crippen LogP contribution in [0.15, 0.2) is 97.1 Å². The van der Waals surface area contributed by atoms with E-state index in [-0.39, 0.29) is 10.8 Å². The van der Waals surface area contributed by atoms with Crippen molar-refractivity contribution in [3.8, 4) is 44.5 Å². The van der Waals surface area contributed by atoms with Crippen molar-refractivity contribution >= 4 is 21.7 Å². The van der Waals surface area contributed by atoms with Crippen molar-refractivity contribution in [2.24, 2.45) is 0 Å². The summed E-state index contributed by atoms with van der Waals surface area (Å²) in [7, 11) is 0. The van der Waals surface area contributed by atoms with E-state index in [4.69, 9.17) is 5.10 Å². The Kier molecular flexibility index (Phi) is 13.5. The van der Waals surface area contributed by atoms with Crippen molar-refractivity contribution in [2.45, 2.75) is 167 Å². The highest BCUT2D eigenvalue weighted by atomic mass is 32.1. The Labute approximate surface area is 360 Å². The van der Waals surface area contributed by atoms with Gasteiger partial charge >= 0.3 is 0 Å². The Morgan fingerprint density at radius 1 is 0.390 bits per heavy atom. The summed E-state index contributed by atoms with van der Waals surface area (Å²) in [4.78, 5) is 0. The standard InChI is InChI=1S/C56H68N2S/c1-5-9-13-21-35-55(36-22-14-10-6-2)49-27-19-17-25-45(49)47-31-29-41(39-51(47)55)43-33-34-44(54-53(43)57-58-59-54)42-30-32-48-46-26-18-20-28-50(46)56(52(48)40-42,37-23-15-11-7-3)38-24-16-12-8-4/h17-20,25-34,39-40H,5-16,21-24,35-38H2,1-4H3. The Balaban J connectivity index is 1.19. The Bertz CT molecular complexity index is 2140.